The fraction of sp³-hybridized carbons (Fsp3) is 0.625. The molecule has 0 aromatic carbocycles. The molecular formula is C8H13FN2O2S. The smallest absolute Gasteiger partial charge is 0.251 e. The molecule has 0 saturated carbocycles. The number of nitrogens with zero attached hydrogens (tertiary/aromatic N) is 2. The van der Waals surface area contributed by atoms with Gasteiger partial charge < -0.3 is 0 Å². The summed E-state index contributed by atoms with van der Waals surface area (Å²) in [6.07, 6.45) is 1.28. The second kappa shape index (κ2) is 3.34. The molecule has 0 unspecified atom stereocenters. The predicted octanol–water partition coefficient (Wildman–Crippen LogP) is 1.59. The van der Waals surface area contributed by atoms with Gasteiger partial charge in [-0.25, -0.2) is 0 Å². The first kappa shape index (κ1) is 11.2. The minimum atomic E-state index is -4.66. The second-order valence-corrected chi connectivity index (χ2v) is 5.62. The number of halogens is 1. The summed E-state index contributed by atoms with van der Waals surface area (Å²) in [7, 11) is -4.66. The highest BCUT2D eigenvalue weighted by Crippen LogP contribution is 2.19. The van der Waals surface area contributed by atoms with Crippen LogP contribution in [-0.4, -0.2) is 18.2 Å². The Labute approximate surface area is 82.9 Å². The molecular weight excluding hydrogens is 207 g/mol. The zero-order valence-electron chi connectivity index (χ0n) is 8.36. The van der Waals surface area contributed by atoms with Crippen molar-refractivity contribution in [2.24, 2.45) is 5.41 Å². The van der Waals surface area contributed by atoms with Crippen LogP contribution in [0.5, 0.6) is 0 Å². The van der Waals surface area contributed by atoms with E-state index in [1.807, 2.05) is 20.8 Å². The summed E-state index contributed by atoms with van der Waals surface area (Å²) in [6, 6.07) is 1.15. The standard InChI is InChI=1S/C8H13FN2O2S/c1-8(2,3)6-11-7(4-5-10-11)14(9,12)13/h4-5H,6H2,1-3H3. The summed E-state index contributed by atoms with van der Waals surface area (Å²) in [5, 5.41) is 3.38. The van der Waals surface area contributed by atoms with Crippen molar-refractivity contribution >= 4 is 10.2 Å². The SMILES string of the molecule is CC(C)(C)Cn1nccc1S(=O)(=O)F. The van der Waals surface area contributed by atoms with E-state index in [1.165, 1.54) is 6.20 Å². The summed E-state index contributed by atoms with van der Waals surface area (Å²) >= 11 is 0. The molecule has 6 heteroatoms. The van der Waals surface area contributed by atoms with Gasteiger partial charge in [-0.3, -0.25) is 4.68 Å². The molecule has 0 radical (unpaired) electrons. The van der Waals surface area contributed by atoms with Crippen LogP contribution in [0, 0.1) is 5.41 Å². The molecule has 0 bridgehead atoms. The number of rotatable bonds is 2. The monoisotopic (exact) mass is 220 g/mol. The average Bonchev–Trinajstić information content (AvgIpc) is 2.29. The van der Waals surface area contributed by atoms with Crippen LogP contribution < -0.4 is 0 Å². The number of hydrogen-bond acceptors (Lipinski definition) is 3. The van der Waals surface area contributed by atoms with E-state index in [1.54, 1.807) is 0 Å². The molecule has 1 heterocycles. The van der Waals surface area contributed by atoms with Gasteiger partial charge in [0.15, 0.2) is 5.03 Å². The van der Waals surface area contributed by atoms with Crippen molar-refractivity contribution in [3.05, 3.63) is 12.3 Å². The molecule has 0 amide bonds. The molecule has 0 fully saturated rings. The van der Waals surface area contributed by atoms with Crippen molar-refractivity contribution in [3.63, 3.8) is 0 Å². The summed E-state index contributed by atoms with van der Waals surface area (Å²) in [6.45, 7) is 6.12. The average molecular weight is 220 g/mol. The minimum Gasteiger partial charge on any atom is -0.251 e. The lowest BCUT2D eigenvalue weighted by Crippen LogP contribution is -2.19. The largest absolute Gasteiger partial charge is 0.349 e. The molecule has 0 spiro atoms. The van der Waals surface area contributed by atoms with E-state index in [4.69, 9.17) is 0 Å². The Hall–Kier alpha value is -0.910. The summed E-state index contributed by atoms with van der Waals surface area (Å²) in [4.78, 5) is 0. The van der Waals surface area contributed by atoms with Crippen LogP contribution >= 0.6 is 0 Å². The quantitative estimate of drug-likeness (QED) is 0.711. The molecule has 1 aromatic rings. The van der Waals surface area contributed by atoms with Crippen LogP contribution in [0.25, 0.3) is 0 Å². The van der Waals surface area contributed by atoms with Gasteiger partial charge in [0.25, 0.3) is 0 Å². The van der Waals surface area contributed by atoms with E-state index in [2.05, 4.69) is 5.10 Å². The van der Waals surface area contributed by atoms with Crippen molar-refractivity contribution in [2.75, 3.05) is 0 Å². The summed E-state index contributed by atoms with van der Waals surface area (Å²) < 4.78 is 35.2. The third-order valence-corrected chi connectivity index (χ3v) is 2.40. The number of hydrogen-bond donors (Lipinski definition) is 0. The first-order chi connectivity index (χ1) is 6.20. The van der Waals surface area contributed by atoms with Crippen LogP contribution in [0.2, 0.25) is 0 Å². The van der Waals surface area contributed by atoms with Gasteiger partial charge in [0.05, 0.1) is 6.20 Å². The van der Waals surface area contributed by atoms with E-state index >= 15 is 0 Å². The zero-order chi connectivity index (χ0) is 11.0. The number of aromatic nitrogens is 2. The van der Waals surface area contributed by atoms with Gasteiger partial charge in [-0.2, -0.15) is 13.5 Å². The van der Waals surface area contributed by atoms with Gasteiger partial charge >= 0.3 is 10.2 Å². The summed E-state index contributed by atoms with van der Waals surface area (Å²) in [5.74, 6) is 0. The Morgan fingerprint density at radius 2 is 2.07 bits per heavy atom. The Kier molecular flexibility index (Phi) is 2.67. The van der Waals surface area contributed by atoms with E-state index in [0.717, 1.165) is 10.7 Å². The van der Waals surface area contributed by atoms with E-state index in [0.29, 0.717) is 6.54 Å². The van der Waals surface area contributed by atoms with Crippen molar-refractivity contribution in [2.45, 2.75) is 32.3 Å². The van der Waals surface area contributed by atoms with Crippen LogP contribution in [0.1, 0.15) is 20.8 Å². The molecule has 4 nitrogen and oxygen atoms in total. The predicted molar refractivity (Wildman–Crippen MR) is 50.0 cm³/mol. The highest BCUT2D eigenvalue weighted by Gasteiger charge is 2.21. The molecule has 14 heavy (non-hydrogen) atoms. The topological polar surface area (TPSA) is 52.0 Å². The van der Waals surface area contributed by atoms with E-state index in [-0.39, 0.29) is 10.4 Å². The Balaban J connectivity index is 3.07. The minimum absolute atomic E-state index is 0.147. The van der Waals surface area contributed by atoms with Crippen LogP contribution in [0.3, 0.4) is 0 Å². The molecule has 0 aliphatic rings. The lowest BCUT2D eigenvalue weighted by Gasteiger charge is -2.18. The van der Waals surface area contributed by atoms with Crippen LogP contribution in [0.4, 0.5) is 3.89 Å². The molecule has 1 aromatic heterocycles. The van der Waals surface area contributed by atoms with Crippen LogP contribution in [-0.2, 0) is 16.8 Å². The van der Waals surface area contributed by atoms with Crippen molar-refractivity contribution < 1.29 is 12.3 Å². The third-order valence-electron chi connectivity index (χ3n) is 1.55. The van der Waals surface area contributed by atoms with Gasteiger partial charge in [-0.15, -0.1) is 0 Å². The van der Waals surface area contributed by atoms with E-state index in [9.17, 15) is 12.3 Å². The molecule has 0 N–H and O–H groups in total. The Morgan fingerprint density at radius 1 is 1.50 bits per heavy atom. The van der Waals surface area contributed by atoms with Gasteiger partial charge in [0.2, 0.25) is 0 Å². The van der Waals surface area contributed by atoms with Gasteiger partial charge in [0.1, 0.15) is 0 Å². The lowest BCUT2D eigenvalue weighted by molar-refractivity contribution is 0.309. The molecule has 0 aliphatic carbocycles. The Morgan fingerprint density at radius 3 is 2.50 bits per heavy atom. The van der Waals surface area contributed by atoms with Crippen LogP contribution in [0.15, 0.2) is 17.3 Å². The molecule has 80 valence electrons. The van der Waals surface area contributed by atoms with Crippen molar-refractivity contribution in [1.82, 2.24) is 9.78 Å². The van der Waals surface area contributed by atoms with Gasteiger partial charge in [-0.1, -0.05) is 24.7 Å². The molecule has 0 atom stereocenters. The van der Waals surface area contributed by atoms with Crippen molar-refractivity contribution in [1.29, 1.82) is 0 Å². The fourth-order valence-electron chi connectivity index (χ4n) is 1.10. The molecule has 1 rings (SSSR count). The molecule has 0 aliphatic heterocycles. The zero-order valence-corrected chi connectivity index (χ0v) is 9.18. The Bertz CT molecular complexity index is 417. The third kappa shape index (κ3) is 2.80. The van der Waals surface area contributed by atoms with E-state index < -0.39 is 10.2 Å². The summed E-state index contributed by atoms with van der Waals surface area (Å²) in [5.41, 5.74) is -0.147. The first-order valence-electron chi connectivity index (χ1n) is 4.17. The van der Waals surface area contributed by atoms with Gasteiger partial charge in [0, 0.05) is 6.54 Å². The molecule has 0 saturated heterocycles. The maximum Gasteiger partial charge on any atom is 0.349 e. The normalized spacial score (nSPS) is 13.1. The second-order valence-electron chi connectivity index (χ2n) is 4.33. The highest BCUT2D eigenvalue weighted by molar-refractivity contribution is 7.86. The maximum absolute atomic E-state index is 12.7. The van der Waals surface area contributed by atoms with Gasteiger partial charge in [-0.05, 0) is 11.5 Å². The maximum atomic E-state index is 12.7. The highest BCUT2D eigenvalue weighted by atomic mass is 32.3. The fourth-order valence-corrected chi connectivity index (χ4v) is 1.68. The lowest BCUT2D eigenvalue weighted by atomic mass is 9.97. The van der Waals surface area contributed by atoms with Crippen molar-refractivity contribution in [3.8, 4) is 0 Å². The first-order valence-corrected chi connectivity index (χ1v) is 5.55.